The van der Waals surface area contributed by atoms with Gasteiger partial charge in [-0.05, 0) is 47.4 Å². The number of aryl methyl sites for hydroxylation is 1. The van der Waals surface area contributed by atoms with Crippen LogP contribution in [0.3, 0.4) is 0 Å². The molecule has 3 aromatic rings. The fraction of sp³-hybridized carbons (Fsp3) is 0.375. The Morgan fingerprint density at radius 1 is 0.805 bits per heavy atom. The molecule has 0 spiro atoms. The van der Waals surface area contributed by atoms with Crippen LogP contribution < -0.4 is 23.7 Å². The maximum absolute atomic E-state index is 13.3. The molecule has 3 aromatic carbocycles. The lowest BCUT2D eigenvalue weighted by molar-refractivity contribution is -0.154. The van der Waals surface area contributed by atoms with Gasteiger partial charge in [-0.3, -0.25) is 9.59 Å². The lowest BCUT2D eigenvalue weighted by atomic mass is 9.66. The first kappa shape index (κ1) is 28.1. The number of hydrogen-bond acceptors (Lipinski definition) is 9. The number of rotatable bonds is 10. The molecule has 1 aliphatic heterocycles. The minimum absolute atomic E-state index is 0.120. The van der Waals surface area contributed by atoms with Crippen LogP contribution in [-0.2, 0) is 25.5 Å². The molecule has 1 fully saturated rings. The molecule has 5 rings (SSSR count). The van der Waals surface area contributed by atoms with Crippen LogP contribution in [0.2, 0.25) is 0 Å². The molecule has 9 heteroatoms. The van der Waals surface area contributed by atoms with Crippen LogP contribution in [0.5, 0.6) is 28.7 Å². The number of fused-ring (bicyclic) bond motifs is 2. The molecular formula is C32H34O9. The van der Waals surface area contributed by atoms with Crippen molar-refractivity contribution in [1.29, 1.82) is 0 Å². The van der Waals surface area contributed by atoms with Gasteiger partial charge in [0.25, 0.3) is 0 Å². The Hall–Kier alpha value is -4.40. The van der Waals surface area contributed by atoms with Crippen LogP contribution in [-0.4, -0.2) is 54.1 Å². The number of carbonyl (C=O) groups is 2. The van der Waals surface area contributed by atoms with Crippen molar-refractivity contribution < 1.29 is 42.7 Å². The standard InChI is InChI=1S/C32H34O9/c1-35-23-15-20-21(16-24(23)36-2)30(41-27(33)12-11-18-9-7-6-8-10-18)22-17-40-32(34)29(22)28(20)19-13-25(37-3)31(39-5)26(14-19)38-4/h6-10,13-16,22,28-30H,11-12,17H2,1-5H3/t22-,28+,29-,30-/m0/s1. The highest BCUT2D eigenvalue weighted by molar-refractivity contribution is 5.79. The van der Waals surface area contributed by atoms with Crippen molar-refractivity contribution in [2.75, 3.05) is 42.2 Å². The summed E-state index contributed by atoms with van der Waals surface area (Å²) in [6.45, 7) is 0.120. The predicted octanol–water partition coefficient (Wildman–Crippen LogP) is 4.88. The Morgan fingerprint density at radius 3 is 2.00 bits per heavy atom. The topological polar surface area (TPSA) is 98.8 Å². The molecule has 216 valence electrons. The highest BCUT2D eigenvalue weighted by atomic mass is 16.6. The van der Waals surface area contributed by atoms with Crippen molar-refractivity contribution in [1.82, 2.24) is 0 Å². The molecule has 0 saturated carbocycles. The molecular weight excluding hydrogens is 528 g/mol. The zero-order valence-corrected chi connectivity index (χ0v) is 23.8. The van der Waals surface area contributed by atoms with Gasteiger partial charge in [-0.25, -0.2) is 0 Å². The average Bonchev–Trinajstić information content (AvgIpc) is 3.39. The van der Waals surface area contributed by atoms with Crippen molar-refractivity contribution >= 4 is 11.9 Å². The maximum atomic E-state index is 13.3. The summed E-state index contributed by atoms with van der Waals surface area (Å²) in [4.78, 5) is 26.5. The first-order chi connectivity index (χ1) is 19.9. The first-order valence-corrected chi connectivity index (χ1v) is 13.4. The van der Waals surface area contributed by atoms with Gasteiger partial charge < -0.3 is 33.2 Å². The Balaban J connectivity index is 1.61. The Bertz CT molecular complexity index is 1390. The summed E-state index contributed by atoms with van der Waals surface area (Å²) in [6.07, 6.45) is 0.0248. The molecule has 0 N–H and O–H groups in total. The van der Waals surface area contributed by atoms with Crippen molar-refractivity contribution in [3.8, 4) is 28.7 Å². The number of carbonyl (C=O) groups excluding carboxylic acids is 2. The van der Waals surface area contributed by atoms with Crippen LogP contribution in [0.1, 0.15) is 40.7 Å². The van der Waals surface area contributed by atoms with E-state index in [9.17, 15) is 9.59 Å². The minimum Gasteiger partial charge on any atom is -0.493 e. The van der Waals surface area contributed by atoms with Crippen LogP contribution in [0.4, 0.5) is 0 Å². The third kappa shape index (κ3) is 5.24. The molecule has 0 unspecified atom stereocenters. The second kappa shape index (κ2) is 12.0. The van der Waals surface area contributed by atoms with E-state index in [2.05, 4.69) is 0 Å². The summed E-state index contributed by atoms with van der Waals surface area (Å²) >= 11 is 0. The van der Waals surface area contributed by atoms with E-state index in [1.165, 1.54) is 7.11 Å². The van der Waals surface area contributed by atoms with Gasteiger partial charge in [0, 0.05) is 23.8 Å². The van der Waals surface area contributed by atoms with Gasteiger partial charge in [0.15, 0.2) is 23.0 Å². The van der Waals surface area contributed by atoms with Crippen molar-refractivity contribution in [2.45, 2.75) is 24.9 Å². The number of esters is 2. The van der Waals surface area contributed by atoms with Gasteiger partial charge in [0.2, 0.25) is 5.75 Å². The Kier molecular flexibility index (Phi) is 8.23. The fourth-order valence-electron chi connectivity index (χ4n) is 5.97. The van der Waals surface area contributed by atoms with Crippen LogP contribution in [0.25, 0.3) is 0 Å². The molecule has 2 aliphatic rings. The number of hydrogen-bond donors (Lipinski definition) is 0. The fourth-order valence-corrected chi connectivity index (χ4v) is 5.97. The second-order valence-electron chi connectivity index (χ2n) is 9.99. The summed E-state index contributed by atoms with van der Waals surface area (Å²) in [5.41, 5.74) is 3.29. The summed E-state index contributed by atoms with van der Waals surface area (Å²) in [6, 6.07) is 17.1. The second-order valence-corrected chi connectivity index (χ2v) is 9.99. The number of cyclic esters (lactones) is 1. The number of ether oxygens (including phenoxy) is 7. The summed E-state index contributed by atoms with van der Waals surface area (Å²) < 4.78 is 39.8. The average molecular weight is 563 g/mol. The van der Waals surface area contributed by atoms with Gasteiger partial charge >= 0.3 is 11.9 Å². The third-order valence-corrected chi connectivity index (χ3v) is 7.90. The minimum atomic E-state index is -0.720. The largest absolute Gasteiger partial charge is 0.493 e. The predicted molar refractivity (Wildman–Crippen MR) is 149 cm³/mol. The molecule has 41 heavy (non-hydrogen) atoms. The Morgan fingerprint density at radius 2 is 1.41 bits per heavy atom. The SMILES string of the molecule is COc1cc2c(cc1OC)[C@H](OC(=O)CCc1ccccc1)[C@H]1COC(=O)[C@@H]1[C@@H]2c1cc(OC)c(OC)c(OC)c1. The van der Waals surface area contributed by atoms with Crippen molar-refractivity contribution in [2.24, 2.45) is 11.8 Å². The zero-order chi connectivity index (χ0) is 29.1. The van der Waals surface area contributed by atoms with E-state index in [1.807, 2.05) is 54.6 Å². The van der Waals surface area contributed by atoms with E-state index in [0.29, 0.717) is 35.2 Å². The molecule has 0 radical (unpaired) electrons. The molecule has 0 aromatic heterocycles. The number of benzene rings is 3. The summed E-state index contributed by atoms with van der Waals surface area (Å²) in [5.74, 6) is 0.0985. The molecule has 0 bridgehead atoms. The first-order valence-electron chi connectivity index (χ1n) is 13.4. The quantitative estimate of drug-likeness (QED) is 0.320. The highest BCUT2D eigenvalue weighted by Crippen LogP contribution is 2.56. The van der Waals surface area contributed by atoms with E-state index in [1.54, 1.807) is 28.4 Å². The van der Waals surface area contributed by atoms with Gasteiger partial charge in [0.1, 0.15) is 6.10 Å². The third-order valence-electron chi connectivity index (χ3n) is 7.90. The van der Waals surface area contributed by atoms with E-state index in [4.69, 9.17) is 33.2 Å². The Labute approximate surface area is 239 Å². The van der Waals surface area contributed by atoms with Crippen molar-refractivity contribution in [3.05, 3.63) is 76.9 Å². The lowest BCUT2D eigenvalue weighted by Gasteiger charge is -2.39. The van der Waals surface area contributed by atoms with Crippen LogP contribution in [0.15, 0.2) is 54.6 Å². The lowest BCUT2D eigenvalue weighted by Crippen LogP contribution is -2.36. The smallest absolute Gasteiger partial charge is 0.310 e. The van der Waals surface area contributed by atoms with Gasteiger partial charge in [-0.2, -0.15) is 0 Å². The van der Waals surface area contributed by atoms with Gasteiger partial charge in [0.05, 0.1) is 48.1 Å². The maximum Gasteiger partial charge on any atom is 0.310 e. The van der Waals surface area contributed by atoms with E-state index < -0.39 is 23.9 Å². The molecule has 1 aliphatic carbocycles. The molecule has 1 heterocycles. The zero-order valence-electron chi connectivity index (χ0n) is 23.8. The van der Waals surface area contributed by atoms with E-state index >= 15 is 0 Å². The summed E-state index contributed by atoms with van der Waals surface area (Å²) in [7, 11) is 7.72. The molecule has 0 amide bonds. The number of methoxy groups -OCH3 is 5. The van der Waals surface area contributed by atoms with Gasteiger partial charge in [-0.1, -0.05) is 30.3 Å². The normalized spacial score (nSPS) is 20.8. The molecule has 4 atom stereocenters. The summed E-state index contributed by atoms with van der Waals surface area (Å²) in [5, 5.41) is 0. The monoisotopic (exact) mass is 562 g/mol. The van der Waals surface area contributed by atoms with E-state index in [0.717, 1.165) is 22.3 Å². The van der Waals surface area contributed by atoms with Crippen LogP contribution >= 0.6 is 0 Å². The highest BCUT2D eigenvalue weighted by Gasteiger charge is 2.54. The molecule has 9 nitrogen and oxygen atoms in total. The van der Waals surface area contributed by atoms with Gasteiger partial charge in [-0.15, -0.1) is 0 Å². The van der Waals surface area contributed by atoms with Crippen LogP contribution in [0, 0.1) is 11.8 Å². The van der Waals surface area contributed by atoms with Crippen molar-refractivity contribution in [3.63, 3.8) is 0 Å². The van der Waals surface area contributed by atoms with E-state index in [-0.39, 0.29) is 25.0 Å². The molecule has 1 saturated heterocycles.